The van der Waals surface area contributed by atoms with Crippen LogP contribution in [0.5, 0.6) is 5.75 Å². The van der Waals surface area contributed by atoms with Crippen molar-refractivity contribution in [3.8, 4) is 5.75 Å². The van der Waals surface area contributed by atoms with Gasteiger partial charge in [-0.3, -0.25) is 9.59 Å². The van der Waals surface area contributed by atoms with Gasteiger partial charge in [-0.25, -0.2) is 0 Å². The second-order valence-corrected chi connectivity index (χ2v) is 3.35. The lowest BCUT2D eigenvalue weighted by Crippen LogP contribution is -2.02. The summed E-state index contributed by atoms with van der Waals surface area (Å²) >= 11 is 0. The minimum atomic E-state index is 0.0304. The van der Waals surface area contributed by atoms with Crippen LogP contribution >= 0.6 is 0 Å². The van der Waals surface area contributed by atoms with E-state index in [9.17, 15) is 9.59 Å². The second kappa shape index (κ2) is 6.02. The van der Waals surface area contributed by atoms with Crippen LogP contribution in [0.3, 0.4) is 0 Å². The first-order valence-corrected chi connectivity index (χ1v) is 4.99. The number of carbonyl (C=O) groups is 2. The van der Waals surface area contributed by atoms with Crippen molar-refractivity contribution in [1.29, 1.82) is 0 Å². The Balaban J connectivity index is 3.20. The summed E-state index contributed by atoms with van der Waals surface area (Å²) in [5, 5.41) is 8.75. The van der Waals surface area contributed by atoms with E-state index in [1.54, 1.807) is 12.1 Å². The smallest absolute Gasteiger partial charge is 0.150 e. The summed E-state index contributed by atoms with van der Waals surface area (Å²) in [6, 6.07) is 3.18. The molecule has 0 aliphatic rings. The fourth-order valence-corrected chi connectivity index (χ4v) is 1.56. The van der Waals surface area contributed by atoms with Crippen LogP contribution in [0.15, 0.2) is 12.1 Å². The molecule has 0 spiro atoms. The van der Waals surface area contributed by atoms with Crippen LogP contribution in [0.4, 0.5) is 0 Å². The topological polar surface area (TPSA) is 63.6 Å². The third-order valence-corrected chi connectivity index (χ3v) is 2.37. The van der Waals surface area contributed by atoms with Gasteiger partial charge >= 0.3 is 0 Å². The maximum atomic E-state index is 10.9. The normalized spacial score (nSPS) is 9.88. The molecule has 1 N–H and O–H groups in total. The van der Waals surface area contributed by atoms with E-state index >= 15 is 0 Å². The molecule has 1 rings (SSSR count). The van der Waals surface area contributed by atoms with Crippen LogP contribution in [0.1, 0.15) is 32.7 Å². The summed E-state index contributed by atoms with van der Waals surface area (Å²) in [4.78, 5) is 21.8. The number of aliphatic hydroxyl groups is 1. The largest absolute Gasteiger partial charge is 0.497 e. The number of aldehydes is 2. The van der Waals surface area contributed by atoms with Gasteiger partial charge in [0.05, 0.1) is 7.11 Å². The zero-order valence-electron chi connectivity index (χ0n) is 9.10. The third kappa shape index (κ3) is 2.67. The number of methoxy groups -OCH3 is 1. The first-order valence-electron chi connectivity index (χ1n) is 4.99. The Bertz CT molecular complexity index is 356. The van der Waals surface area contributed by atoms with Crippen molar-refractivity contribution in [1.82, 2.24) is 0 Å². The molecule has 16 heavy (non-hydrogen) atoms. The molecule has 0 aromatic heterocycles. The van der Waals surface area contributed by atoms with Crippen molar-refractivity contribution in [3.05, 3.63) is 28.8 Å². The number of ether oxygens (including phenoxy) is 1. The van der Waals surface area contributed by atoms with Gasteiger partial charge in [-0.05, 0) is 30.5 Å². The van der Waals surface area contributed by atoms with Crippen LogP contribution < -0.4 is 4.74 Å². The van der Waals surface area contributed by atoms with Crippen LogP contribution in [0, 0.1) is 0 Å². The Morgan fingerprint density at radius 3 is 2.19 bits per heavy atom. The van der Waals surface area contributed by atoms with Gasteiger partial charge in [0.25, 0.3) is 0 Å². The number of aliphatic hydroxyl groups excluding tert-OH is 1. The third-order valence-electron chi connectivity index (χ3n) is 2.37. The van der Waals surface area contributed by atoms with Gasteiger partial charge in [-0.15, -0.1) is 0 Å². The minimum absolute atomic E-state index is 0.0304. The molecule has 0 bridgehead atoms. The molecular weight excluding hydrogens is 208 g/mol. The van der Waals surface area contributed by atoms with E-state index < -0.39 is 0 Å². The molecule has 4 nitrogen and oxygen atoms in total. The van der Waals surface area contributed by atoms with E-state index in [2.05, 4.69) is 0 Å². The molecular formula is C12H14O4. The van der Waals surface area contributed by atoms with Crippen LogP contribution in [-0.4, -0.2) is 31.4 Å². The molecule has 0 fully saturated rings. The zero-order valence-corrected chi connectivity index (χ0v) is 9.10. The first kappa shape index (κ1) is 12.4. The first-order chi connectivity index (χ1) is 7.76. The molecule has 1 aromatic carbocycles. The van der Waals surface area contributed by atoms with E-state index in [1.165, 1.54) is 7.11 Å². The van der Waals surface area contributed by atoms with Gasteiger partial charge in [-0.2, -0.15) is 0 Å². The highest BCUT2D eigenvalue weighted by Gasteiger charge is 2.10. The highest BCUT2D eigenvalue weighted by atomic mass is 16.5. The highest BCUT2D eigenvalue weighted by molar-refractivity contribution is 5.86. The van der Waals surface area contributed by atoms with Crippen LogP contribution in [0.25, 0.3) is 0 Å². The minimum Gasteiger partial charge on any atom is -0.497 e. The fraction of sp³-hybridized carbons (Fsp3) is 0.333. The molecule has 0 saturated heterocycles. The van der Waals surface area contributed by atoms with E-state index in [0.717, 1.165) is 0 Å². The van der Waals surface area contributed by atoms with Crippen LogP contribution in [0.2, 0.25) is 0 Å². The van der Waals surface area contributed by atoms with E-state index in [-0.39, 0.29) is 6.61 Å². The quantitative estimate of drug-likeness (QED) is 0.735. The Labute approximate surface area is 93.9 Å². The number of hydrogen-bond acceptors (Lipinski definition) is 4. The number of rotatable bonds is 6. The Morgan fingerprint density at radius 1 is 1.25 bits per heavy atom. The summed E-state index contributed by atoms with van der Waals surface area (Å²) in [6.45, 7) is 0.0304. The maximum absolute atomic E-state index is 10.9. The predicted molar refractivity (Wildman–Crippen MR) is 59.2 cm³/mol. The average molecular weight is 222 g/mol. The van der Waals surface area contributed by atoms with Gasteiger partial charge in [-0.1, -0.05) is 0 Å². The van der Waals surface area contributed by atoms with Gasteiger partial charge in [0.1, 0.15) is 18.3 Å². The number of hydrogen-bond donors (Lipinski definition) is 1. The van der Waals surface area contributed by atoms with E-state index in [4.69, 9.17) is 9.84 Å². The van der Waals surface area contributed by atoms with Crippen molar-refractivity contribution < 1.29 is 19.4 Å². The highest BCUT2D eigenvalue weighted by Crippen LogP contribution is 2.21. The van der Waals surface area contributed by atoms with Gasteiger partial charge in [0, 0.05) is 17.7 Å². The summed E-state index contributed by atoms with van der Waals surface area (Å²) in [5.74, 6) is 0.483. The van der Waals surface area contributed by atoms with Crippen molar-refractivity contribution in [2.75, 3.05) is 13.7 Å². The summed E-state index contributed by atoms with van der Waals surface area (Å²) in [6.07, 6.45) is 2.42. The fourth-order valence-electron chi connectivity index (χ4n) is 1.56. The maximum Gasteiger partial charge on any atom is 0.150 e. The van der Waals surface area contributed by atoms with Gasteiger partial charge in [0.15, 0.2) is 0 Å². The number of carbonyl (C=O) groups excluding carboxylic acids is 2. The molecule has 0 heterocycles. The van der Waals surface area contributed by atoms with Crippen LogP contribution in [-0.2, 0) is 6.42 Å². The standard InChI is InChI=1S/C12H14O4/c1-16-11-5-9(7-14)12(3-2-4-13)10(6-11)8-15/h5-8,13H,2-4H2,1H3. The summed E-state index contributed by atoms with van der Waals surface area (Å²) < 4.78 is 4.99. The second-order valence-electron chi connectivity index (χ2n) is 3.35. The molecule has 86 valence electrons. The molecule has 1 aromatic rings. The zero-order chi connectivity index (χ0) is 12.0. The number of benzene rings is 1. The Kier molecular flexibility index (Phi) is 4.66. The summed E-state index contributed by atoms with van der Waals surface area (Å²) in [5.41, 5.74) is 1.55. The Morgan fingerprint density at radius 2 is 1.81 bits per heavy atom. The lowest BCUT2D eigenvalue weighted by atomic mass is 9.98. The lowest BCUT2D eigenvalue weighted by molar-refractivity contribution is 0.112. The SMILES string of the molecule is COc1cc(C=O)c(CCCO)c(C=O)c1. The molecule has 0 radical (unpaired) electrons. The molecule has 0 aliphatic heterocycles. The van der Waals surface area contributed by atoms with Gasteiger partial charge < -0.3 is 9.84 Å². The molecule has 0 amide bonds. The monoisotopic (exact) mass is 222 g/mol. The van der Waals surface area contributed by atoms with E-state index in [1.807, 2.05) is 0 Å². The van der Waals surface area contributed by atoms with Crippen molar-refractivity contribution in [2.24, 2.45) is 0 Å². The predicted octanol–water partition coefficient (Wildman–Crippen LogP) is 1.25. The van der Waals surface area contributed by atoms with Crippen molar-refractivity contribution in [2.45, 2.75) is 12.8 Å². The molecule has 0 atom stereocenters. The average Bonchev–Trinajstić information content (AvgIpc) is 2.35. The lowest BCUT2D eigenvalue weighted by Gasteiger charge is -2.09. The molecule has 0 unspecified atom stereocenters. The molecule has 4 heteroatoms. The summed E-state index contributed by atoms with van der Waals surface area (Å²) in [7, 11) is 1.48. The van der Waals surface area contributed by atoms with Gasteiger partial charge in [0.2, 0.25) is 0 Å². The van der Waals surface area contributed by atoms with Crippen molar-refractivity contribution in [3.63, 3.8) is 0 Å². The van der Waals surface area contributed by atoms with Crippen molar-refractivity contribution >= 4 is 12.6 Å². The Hall–Kier alpha value is -1.68. The molecule has 0 aliphatic carbocycles. The molecule has 0 saturated carbocycles. The van der Waals surface area contributed by atoms with E-state index in [0.29, 0.717) is 47.9 Å².